The summed E-state index contributed by atoms with van der Waals surface area (Å²) >= 11 is 2.98. The number of sulfonamides is 1. The number of nitrogens with zero attached hydrogens (tertiary/aromatic N) is 3. The van der Waals surface area contributed by atoms with Gasteiger partial charge in [-0.05, 0) is 49.6 Å². The standard InChI is InChI=1S/C22H24N4O5S3/c1-3-31-22(28)25-11-13-26(14-12-25)34(29,30)16-9-7-15(8-10-16)20(27)24-21-23-19-17(32-2)5-4-6-18(19)33-21/h4-10H,3,11-14H2,1-2H3,(H,23,24,27). The molecule has 0 spiro atoms. The first-order valence-electron chi connectivity index (χ1n) is 10.6. The smallest absolute Gasteiger partial charge is 0.409 e. The molecule has 1 aromatic heterocycles. The molecule has 9 nitrogen and oxygen atoms in total. The number of anilines is 1. The van der Waals surface area contributed by atoms with Crippen LogP contribution in [0.3, 0.4) is 0 Å². The van der Waals surface area contributed by atoms with Crippen LogP contribution in [0.25, 0.3) is 10.2 Å². The zero-order valence-electron chi connectivity index (χ0n) is 18.7. The van der Waals surface area contributed by atoms with Crippen LogP contribution in [0.2, 0.25) is 0 Å². The van der Waals surface area contributed by atoms with Crippen molar-refractivity contribution in [2.24, 2.45) is 0 Å². The lowest BCUT2D eigenvalue weighted by Gasteiger charge is -2.33. The maximum atomic E-state index is 13.0. The van der Waals surface area contributed by atoms with E-state index in [1.54, 1.807) is 18.7 Å². The van der Waals surface area contributed by atoms with E-state index >= 15 is 0 Å². The van der Waals surface area contributed by atoms with Crippen molar-refractivity contribution in [3.05, 3.63) is 48.0 Å². The summed E-state index contributed by atoms with van der Waals surface area (Å²) in [6.45, 7) is 2.88. The van der Waals surface area contributed by atoms with Gasteiger partial charge in [-0.3, -0.25) is 10.1 Å². The van der Waals surface area contributed by atoms with Crippen LogP contribution < -0.4 is 5.32 Å². The van der Waals surface area contributed by atoms with Crippen LogP contribution in [-0.2, 0) is 14.8 Å². The van der Waals surface area contributed by atoms with Crippen LogP contribution in [0.5, 0.6) is 0 Å². The van der Waals surface area contributed by atoms with Crippen LogP contribution in [0.4, 0.5) is 9.93 Å². The average molecular weight is 521 g/mol. The number of carbonyl (C=O) groups excluding carboxylic acids is 2. The number of thioether (sulfide) groups is 1. The van der Waals surface area contributed by atoms with Crippen molar-refractivity contribution >= 4 is 60.5 Å². The van der Waals surface area contributed by atoms with E-state index in [1.165, 1.54) is 44.8 Å². The van der Waals surface area contributed by atoms with Gasteiger partial charge in [0.1, 0.15) is 0 Å². The van der Waals surface area contributed by atoms with Gasteiger partial charge in [-0.1, -0.05) is 17.4 Å². The van der Waals surface area contributed by atoms with Gasteiger partial charge in [-0.15, -0.1) is 11.8 Å². The fraction of sp³-hybridized carbons (Fsp3) is 0.318. The van der Waals surface area contributed by atoms with E-state index in [2.05, 4.69) is 10.3 Å². The van der Waals surface area contributed by atoms with Crippen molar-refractivity contribution in [3.63, 3.8) is 0 Å². The number of benzene rings is 2. The first-order valence-corrected chi connectivity index (χ1v) is 14.1. The Hall–Kier alpha value is -2.67. The van der Waals surface area contributed by atoms with E-state index in [1.807, 2.05) is 24.5 Å². The number of fused-ring (bicyclic) bond motifs is 1. The third-order valence-electron chi connectivity index (χ3n) is 5.34. The molecule has 0 bridgehead atoms. The Bertz CT molecular complexity index is 1300. The summed E-state index contributed by atoms with van der Waals surface area (Å²) in [7, 11) is -3.74. The molecule has 2 aromatic carbocycles. The Morgan fingerprint density at radius 3 is 2.47 bits per heavy atom. The highest BCUT2D eigenvalue weighted by Gasteiger charge is 2.30. The van der Waals surface area contributed by atoms with Gasteiger partial charge in [-0.25, -0.2) is 18.2 Å². The van der Waals surface area contributed by atoms with E-state index in [0.717, 1.165) is 15.1 Å². The van der Waals surface area contributed by atoms with Gasteiger partial charge in [0.05, 0.1) is 21.7 Å². The topological polar surface area (TPSA) is 109 Å². The van der Waals surface area contributed by atoms with Gasteiger partial charge in [-0.2, -0.15) is 4.31 Å². The highest BCUT2D eigenvalue weighted by atomic mass is 32.2. The summed E-state index contributed by atoms with van der Waals surface area (Å²) in [4.78, 5) is 31.7. The number of aromatic nitrogens is 1. The van der Waals surface area contributed by atoms with Gasteiger partial charge in [0.2, 0.25) is 10.0 Å². The van der Waals surface area contributed by atoms with E-state index in [0.29, 0.717) is 10.7 Å². The number of nitrogens with one attached hydrogen (secondary N) is 1. The number of hydrogen-bond acceptors (Lipinski definition) is 8. The number of hydrogen-bond donors (Lipinski definition) is 1. The van der Waals surface area contributed by atoms with E-state index in [4.69, 9.17) is 4.74 Å². The summed E-state index contributed by atoms with van der Waals surface area (Å²) in [6, 6.07) is 11.7. The summed E-state index contributed by atoms with van der Waals surface area (Å²) in [5.41, 5.74) is 1.18. The molecule has 0 radical (unpaired) electrons. The summed E-state index contributed by atoms with van der Waals surface area (Å²) in [6.07, 6.45) is 1.54. The Morgan fingerprint density at radius 1 is 1.12 bits per heavy atom. The molecule has 1 N–H and O–H groups in total. The van der Waals surface area contributed by atoms with Crippen molar-refractivity contribution in [3.8, 4) is 0 Å². The Morgan fingerprint density at radius 2 is 1.82 bits per heavy atom. The summed E-state index contributed by atoms with van der Waals surface area (Å²) in [5, 5.41) is 3.28. The van der Waals surface area contributed by atoms with Crippen molar-refractivity contribution in [2.45, 2.75) is 16.7 Å². The lowest BCUT2D eigenvalue weighted by molar-refractivity contribution is 0.0933. The molecule has 2 amide bonds. The van der Waals surface area contributed by atoms with Gasteiger partial charge in [0, 0.05) is 36.6 Å². The zero-order chi connectivity index (χ0) is 24.3. The van der Waals surface area contributed by atoms with Crippen LogP contribution >= 0.6 is 23.1 Å². The largest absolute Gasteiger partial charge is 0.450 e. The number of amides is 2. The third-order valence-corrected chi connectivity index (χ3v) is 8.96. The second-order valence-corrected chi connectivity index (χ2v) is 11.2. The van der Waals surface area contributed by atoms with Crippen LogP contribution in [0, 0.1) is 0 Å². The molecule has 4 rings (SSSR count). The molecule has 34 heavy (non-hydrogen) atoms. The molecule has 1 aliphatic rings. The number of ether oxygens (including phenoxy) is 1. The molecule has 1 aliphatic heterocycles. The average Bonchev–Trinajstić information content (AvgIpc) is 3.27. The molecule has 12 heteroatoms. The number of rotatable bonds is 6. The molecular formula is C22H24N4O5S3. The summed E-state index contributed by atoms with van der Waals surface area (Å²) in [5.74, 6) is -0.364. The number of carbonyl (C=O) groups is 2. The van der Waals surface area contributed by atoms with Gasteiger partial charge < -0.3 is 9.64 Å². The Kier molecular flexibility index (Phi) is 7.41. The van der Waals surface area contributed by atoms with Crippen LogP contribution in [-0.4, -0.2) is 73.6 Å². The predicted octanol–water partition coefficient (Wildman–Crippen LogP) is 3.73. The lowest BCUT2D eigenvalue weighted by Crippen LogP contribution is -2.50. The lowest BCUT2D eigenvalue weighted by atomic mass is 10.2. The first-order chi connectivity index (χ1) is 16.3. The van der Waals surface area contributed by atoms with Crippen molar-refractivity contribution in [1.29, 1.82) is 0 Å². The van der Waals surface area contributed by atoms with Crippen molar-refractivity contribution in [2.75, 3.05) is 44.4 Å². The third kappa shape index (κ3) is 5.04. The summed E-state index contributed by atoms with van der Waals surface area (Å²) < 4.78 is 33.3. The molecule has 180 valence electrons. The first kappa shape index (κ1) is 24.5. The van der Waals surface area contributed by atoms with Crippen molar-refractivity contribution in [1.82, 2.24) is 14.2 Å². The highest BCUT2D eigenvalue weighted by molar-refractivity contribution is 7.98. The number of para-hydroxylation sites is 1. The molecule has 0 saturated carbocycles. The Labute approximate surface area is 206 Å². The molecule has 3 aromatic rings. The quantitative estimate of drug-likeness (QED) is 0.493. The second-order valence-electron chi connectivity index (χ2n) is 7.39. The molecule has 2 heterocycles. The minimum Gasteiger partial charge on any atom is -0.450 e. The predicted molar refractivity (Wildman–Crippen MR) is 133 cm³/mol. The van der Waals surface area contributed by atoms with E-state index in [-0.39, 0.29) is 43.6 Å². The van der Waals surface area contributed by atoms with E-state index < -0.39 is 16.1 Å². The molecular weight excluding hydrogens is 496 g/mol. The van der Waals surface area contributed by atoms with Crippen molar-refractivity contribution < 1.29 is 22.7 Å². The van der Waals surface area contributed by atoms with Gasteiger partial charge in [0.25, 0.3) is 5.91 Å². The number of piperazine rings is 1. The molecule has 1 saturated heterocycles. The normalized spacial score (nSPS) is 14.8. The second kappa shape index (κ2) is 10.3. The van der Waals surface area contributed by atoms with Gasteiger partial charge in [0.15, 0.2) is 5.13 Å². The van der Waals surface area contributed by atoms with Crippen LogP contribution in [0.1, 0.15) is 17.3 Å². The SMILES string of the molecule is CCOC(=O)N1CCN(S(=O)(=O)c2ccc(C(=O)Nc3nc4c(SC)cccc4s3)cc2)CC1. The zero-order valence-corrected chi connectivity index (χ0v) is 21.1. The minimum atomic E-state index is -3.74. The highest BCUT2D eigenvalue weighted by Crippen LogP contribution is 2.32. The molecule has 0 aliphatic carbocycles. The Balaban J connectivity index is 1.42. The fourth-order valence-electron chi connectivity index (χ4n) is 3.56. The minimum absolute atomic E-state index is 0.0956. The monoisotopic (exact) mass is 520 g/mol. The van der Waals surface area contributed by atoms with Gasteiger partial charge >= 0.3 is 6.09 Å². The van der Waals surface area contributed by atoms with E-state index in [9.17, 15) is 18.0 Å². The fourth-order valence-corrected chi connectivity index (χ4v) is 6.50. The number of thiazole rings is 1. The molecule has 0 atom stereocenters. The molecule has 1 fully saturated rings. The maximum Gasteiger partial charge on any atom is 0.409 e. The molecule has 0 unspecified atom stereocenters. The maximum absolute atomic E-state index is 13.0. The van der Waals surface area contributed by atoms with Crippen LogP contribution in [0.15, 0.2) is 52.3 Å².